The molecule has 0 saturated carbocycles. The molecule has 2 aliphatic heterocycles. The molecule has 8 heteroatoms. The molecule has 0 radical (unpaired) electrons. The molecule has 2 saturated heterocycles. The summed E-state index contributed by atoms with van der Waals surface area (Å²) in [6.45, 7) is 4.31. The number of benzene rings is 1. The summed E-state index contributed by atoms with van der Waals surface area (Å²) in [7, 11) is 0. The van der Waals surface area contributed by atoms with Crippen molar-refractivity contribution in [3.63, 3.8) is 0 Å². The Kier molecular flexibility index (Phi) is 6.32. The molecule has 2 fully saturated rings. The number of nitrogens with one attached hydrogen (secondary N) is 1. The summed E-state index contributed by atoms with van der Waals surface area (Å²) in [5, 5.41) is 12.3. The molecule has 0 spiro atoms. The van der Waals surface area contributed by atoms with E-state index in [1.807, 2.05) is 34.1 Å². The van der Waals surface area contributed by atoms with E-state index in [9.17, 15) is 14.9 Å². The molecule has 0 bridgehead atoms. The number of likely N-dealkylation sites (tertiary alicyclic amines) is 1. The van der Waals surface area contributed by atoms with Crippen molar-refractivity contribution >= 4 is 17.8 Å². The van der Waals surface area contributed by atoms with Gasteiger partial charge in [0.25, 0.3) is 0 Å². The number of rotatable bonds is 5. The molecule has 1 N–H and O–H groups in total. The van der Waals surface area contributed by atoms with Crippen LogP contribution in [0.1, 0.15) is 29.5 Å². The first-order valence-corrected chi connectivity index (χ1v) is 10.6. The van der Waals surface area contributed by atoms with Crippen LogP contribution in [0.4, 0.5) is 10.6 Å². The molecule has 2 aromatic rings. The summed E-state index contributed by atoms with van der Waals surface area (Å²) in [5.41, 5.74) is 2.65. The Balaban J connectivity index is 1.27. The Morgan fingerprint density at radius 1 is 1.10 bits per heavy atom. The van der Waals surface area contributed by atoms with Crippen molar-refractivity contribution in [3.05, 3.63) is 59.3 Å². The second kappa shape index (κ2) is 9.47. The average molecular weight is 419 g/mol. The maximum absolute atomic E-state index is 12.6. The summed E-state index contributed by atoms with van der Waals surface area (Å²) < 4.78 is 0. The molecule has 31 heavy (non-hydrogen) atoms. The molecule has 0 unspecified atom stereocenters. The van der Waals surface area contributed by atoms with Crippen molar-refractivity contribution < 1.29 is 9.59 Å². The van der Waals surface area contributed by atoms with Crippen LogP contribution in [-0.4, -0.2) is 59.4 Å². The molecule has 0 aliphatic carbocycles. The van der Waals surface area contributed by atoms with Gasteiger partial charge in [0, 0.05) is 58.4 Å². The third-order valence-corrected chi connectivity index (χ3v) is 5.75. The van der Waals surface area contributed by atoms with Gasteiger partial charge in [0.15, 0.2) is 0 Å². The van der Waals surface area contributed by atoms with Crippen molar-refractivity contribution in [1.82, 2.24) is 20.1 Å². The lowest BCUT2D eigenvalue weighted by Gasteiger charge is -2.35. The molecule has 0 atom stereocenters. The van der Waals surface area contributed by atoms with E-state index in [0.29, 0.717) is 57.1 Å². The van der Waals surface area contributed by atoms with Crippen LogP contribution in [0.2, 0.25) is 0 Å². The second-order valence-electron chi connectivity index (χ2n) is 7.86. The lowest BCUT2D eigenvalue weighted by Crippen LogP contribution is -2.52. The summed E-state index contributed by atoms with van der Waals surface area (Å²) in [6.07, 6.45) is 3.25. The zero-order chi connectivity index (χ0) is 21.6. The Morgan fingerprint density at radius 2 is 1.90 bits per heavy atom. The Hall–Kier alpha value is -3.60. The second-order valence-corrected chi connectivity index (χ2v) is 7.86. The maximum Gasteiger partial charge on any atom is 0.317 e. The molecule has 3 heterocycles. The fraction of sp³-hybridized carbons (Fsp3) is 0.391. The van der Waals surface area contributed by atoms with E-state index in [1.54, 1.807) is 23.2 Å². The van der Waals surface area contributed by atoms with E-state index >= 15 is 0 Å². The van der Waals surface area contributed by atoms with Gasteiger partial charge in [-0.1, -0.05) is 24.3 Å². The van der Waals surface area contributed by atoms with Gasteiger partial charge >= 0.3 is 6.03 Å². The number of carbonyl (C=O) groups excluding carboxylic acids is 2. The highest BCUT2D eigenvalue weighted by Crippen LogP contribution is 2.18. The number of amides is 3. The quantitative estimate of drug-likeness (QED) is 0.803. The molecule has 1 aromatic carbocycles. The summed E-state index contributed by atoms with van der Waals surface area (Å²) in [4.78, 5) is 34.5. The van der Waals surface area contributed by atoms with Gasteiger partial charge in [-0.3, -0.25) is 4.79 Å². The van der Waals surface area contributed by atoms with Crippen LogP contribution < -0.4 is 10.2 Å². The summed E-state index contributed by atoms with van der Waals surface area (Å²) >= 11 is 0. The highest BCUT2D eigenvalue weighted by atomic mass is 16.2. The lowest BCUT2D eigenvalue weighted by atomic mass is 10.1. The SMILES string of the molecule is N#Cc1cccnc1N1CCN(C(=O)NCc2cccc(CN3CCCC3=O)c2)CC1. The van der Waals surface area contributed by atoms with Crippen LogP contribution in [0.5, 0.6) is 0 Å². The molecular formula is C23H26N6O2. The summed E-state index contributed by atoms with van der Waals surface area (Å²) in [6, 6.07) is 13.6. The van der Waals surface area contributed by atoms with E-state index in [1.165, 1.54) is 0 Å². The number of carbonyl (C=O) groups is 2. The van der Waals surface area contributed by atoms with Gasteiger partial charge in [-0.25, -0.2) is 9.78 Å². The van der Waals surface area contributed by atoms with Gasteiger partial charge in [0.05, 0.1) is 5.56 Å². The van der Waals surface area contributed by atoms with Crippen LogP contribution >= 0.6 is 0 Å². The minimum Gasteiger partial charge on any atom is -0.352 e. The topological polar surface area (TPSA) is 92.6 Å². The lowest BCUT2D eigenvalue weighted by molar-refractivity contribution is -0.128. The van der Waals surface area contributed by atoms with Crippen LogP contribution in [-0.2, 0) is 17.9 Å². The molecule has 8 nitrogen and oxygen atoms in total. The first-order chi connectivity index (χ1) is 15.1. The minimum absolute atomic E-state index is 0.0960. The maximum atomic E-state index is 12.6. The van der Waals surface area contributed by atoms with Crippen LogP contribution in [0.3, 0.4) is 0 Å². The molecule has 2 aliphatic rings. The number of hydrogen-bond donors (Lipinski definition) is 1. The van der Waals surface area contributed by atoms with E-state index in [-0.39, 0.29) is 11.9 Å². The van der Waals surface area contributed by atoms with Crippen molar-refractivity contribution in [2.45, 2.75) is 25.9 Å². The van der Waals surface area contributed by atoms with Gasteiger partial charge in [-0.15, -0.1) is 0 Å². The standard InChI is InChI=1S/C23H26N6O2/c24-15-20-6-2-8-25-22(20)27-10-12-28(13-11-27)23(31)26-16-18-4-1-5-19(14-18)17-29-9-3-7-21(29)30/h1-2,4-6,8,14H,3,7,9-13,16-17H2,(H,26,31). The molecular weight excluding hydrogens is 392 g/mol. The molecule has 160 valence electrons. The Bertz CT molecular complexity index is 994. The van der Waals surface area contributed by atoms with Crippen molar-refractivity contribution in [2.24, 2.45) is 0 Å². The van der Waals surface area contributed by atoms with Gasteiger partial charge in [0.1, 0.15) is 11.9 Å². The predicted octanol–water partition coefficient (Wildman–Crippen LogP) is 2.11. The number of anilines is 1. The number of urea groups is 1. The normalized spacial score (nSPS) is 16.4. The van der Waals surface area contributed by atoms with E-state index < -0.39 is 0 Å². The zero-order valence-electron chi connectivity index (χ0n) is 17.5. The number of aromatic nitrogens is 1. The van der Waals surface area contributed by atoms with Gasteiger partial charge in [-0.2, -0.15) is 5.26 Å². The average Bonchev–Trinajstić information content (AvgIpc) is 3.22. The number of piperazine rings is 1. The van der Waals surface area contributed by atoms with E-state index in [2.05, 4.69) is 16.4 Å². The van der Waals surface area contributed by atoms with Crippen LogP contribution in [0, 0.1) is 11.3 Å². The zero-order valence-corrected chi connectivity index (χ0v) is 17.5. The Labute approximate surface area is 182 Å². The van der Waals surface area contributed by atoms with Crippen molar-refractivity contribution in [3.8, 4) is 6.07 Å². The highest BCUT2D eigenvalue weighted by Gasteiger charge is 2.23. The minimum atomic E-state index is -0.0960. The largest absolute Gasteiger partial charge is 0.352 e. The van der Waals surface area contributed by atoms with Crippen LogP contribution in [0.15, 0.2) is 42.6 Å². The van der Waals surface area contributed by atoms with Gasteiger partial charge < -0.3 is 20.0 Å². The van der Waals surface area contributed by atoms with Crippen LogP contribution in [0.25, 0.3) is 0 Å². The molecule has 1 aromatic heterocycles. The molecule has 3 amide bonds. The number of nitrogens with zero attached hydrogens (tertiary/aromatic N) is 5. The fourth-order valence-electron chi connectivity index (χ4n) is 4.08. The fourth-order valence-corrected chi connectivity index (χ4v) is 4.08. The highest BCUT2D eigenvalue weighted by molar-refractivity contribution is 5.78. The first kappa shape index (κ1) is 20.7. The Morgan fingerprint density at radius 3 is 2.65 bits per heavy atom. The predicted molar refractivity (Wildman–Crippen MR) is 116 cm³/mol. The molecule has 4 rings (SSSR count). The third-order valence-electron chi connectivity index (χ3n) is 5.75. The van der Waals surface area contributed by atoms with Gasteiger partial charge in [-0.05, 0) is 29.7 Å². The van der Waals surface area contributed by atoms with E-state index in [0.717, 1.165) is 24.1 Å². The smallest absolute Gasteiger partial charge is 0.317 e. The van der Waals surface area contributed by atoms with E-state index in [4.69, 9.17) is 0 Å². The number of pyridine rings is 1. The summed E-state index contributed by atoms with van der Waals surface area (Å²) in [5.74, 6) is 0.892. The van der Waals surface area contributed by atoms with Crippen molar-refractivity contribution in [2.75, 3.05) is 37.6 Å². The first-order valence-electron chi connectivity index (χ1n) is 10.6. The number of hydrogen-bond acceptors (Lipinski definition) is 5. The monoisotopic (exact) mass is 418 g/mol. The van der Waals surface area contributed by atoms with Gasteiger partial charge in [0.2, 0.25) is 5.91 Å². The van der Waals surface area contributed by atoms with Crippen molar-refractivity contribution in [1.29, 1.82) is 5.26 Å². The third kappa shape index (κ3) is 4.94. The number of nitriles is 1.